The smallest absolute Gasteiger partial charge is 0.422 e. The van der Waals surface area contributed by atoms with Crippen molar-refractivity contribution in [1.29, 1.82) is 0 Å². The minimum absolute atomic E-state index is 0.112. The van der Waals surface area contributed by atoms with Gasteiger partial charge in [0.2, 0.25) is 5.60 Å². The summed E-state index contributed by atoms with van der Waals surface area (Å²) in [5.41, 5.74) is -1.32. The highest BCUT2D eigenvalue weighted by molar-refractivity contribution is 9.10. The molecule has 8 nitrogen and oxygen atoms in total. The van der Waals surface area contributed by atoms with Crippen molar-refractivity contribution in [2.75, 3.05) is 32.8 Å². The molecule has 0 spiro atoms. The summed E-state index contributed by atoms with van der Waals surface area (Å²) in [6, 6.07) is 8.70. The fraction of sp³-hybridized carbons (Fsp3) is 0.391. The summed E-state index contributed by atoms with van der Waals surface area (Å²) in [6.45, 7) is -0.794. The molecule has 0 aliphatic carbocycles. The number of hydrogen-bond donors (Lipinski definition) is 1. The van der Waals surface area contributed by atoms with E-state index in [9.17, 15) is 13.2 Å². The number of hydrogen-bond acceptors (Lipinski definition) is 8. The van der Waals surface area contributed by atoms with Crippen molar-refractivity contribution in [3.05, 3.63) is 46.2 Å². The van der Waals surface area contributed by atoms with Crippen molar-refractivity contribution in [2.24, 2.45) is 0 Å². The number of methoxy groups -OCH3 is 2. The van der Waals surface area contributed by atoms with Crippen molar-refractivity contribution >= 4 is 49.9 Å². The molecule has 3 aromatic rings. The van der Waals surface area contributed by atoms with Crippen LogP contribution in [0.4, 0.5) is 24.7 Å². The Kier molecular flexibility index (Phi) is 6.66. The van der Waals surface area contributed by atoms with Crippen LogP contribution in [-0.4, -0.2) is 67.5 Å². The average Bonchev–Trinajstić information content (AvgIpc) is 3.42. The standard InChI is InChI=1S/C23H20BrClF3N3O5/c1-32-16-6-12-15(29-10-30-21(12)31-11-3-4-13(24)14(25)5-11)7-17(16)36-18-8-34-20-19(18)35-9-22(20,33-2)23(26,27)28/h3-7,10,18-20H,8-9H2,1-2H3,(H,29,30,31)/t18-,19?,20?,22+/m1/s1. The third-order valence-corrected chi connectivity index (χ3v) is 7.51. The van der Waals surface area contributed by atoms with Gasteiger partial charge in [0.05, 0.1) is 30.9 Å². The Morgan fingerprint density at radius 2 is 1.94 bits per heavy atom. The second-order valence-corrected chi connectivity index (χ2v) is 9.54. The van der Waals surface area contributed by atoms with Gasteiger partial charge in [-0.1, -0.05) is 11.6 Å². The van der Waals surface area contributed by atoms with Crippen molar-refractivity contribution in [3.8, 4) is 11.5 Å². The zero-order valence-corrected chi connectivity index (χ0v) is 21.3. The Hall–Kier alpha value is -2.38. The van der Waals surface area contributed by atoms with E-state index >= 15 is 0 Å². The minimum atomic E-state index is -4.67. The van der Waals surface area contributed by atoms with Crippen molar-refractivity contribution in [1.82, 2.24) is 9.97 Å². The number of halogens is 5. The van der Waals surface area contributed by atoms with Crippen LogP contribution in [0.5, 0.6) is 11.5 Å². The quantitative estimate of drug-likeness (QED) is 0.415. The lowest BCUT2D eigenvalue weighted by molar-refractivity contribution is -0.291. The summed E-state index contributed by atoms with van der Waals surface area (Å²) < 4.78 is 69.4. The first kappa shape index (κ1) is 25.3. The second kappa shape index (κ2) is 9.49. The molecule has 2 fully saturated rings. The molecule has 1 N–H and O–H groups in total. The Balaban J connectivity index is 1.43. The number of ether oxygens (including phenoxy) is 5. The molecule has 1 aromatic heterocycles. The van der Waals surface area contributed by atoms with Crippen LogP contribution in [0.1, 0.15) is 0 Å². The minimum Gasteiger partial charge on any atom is -0.493 e. The maximum atomic E-state index is 13.8. The lowest BCUT2D eigenvalue weighted by atomic mass is 9.95. The summed E-state index contributed by atoms with van der Waals surface area (Å²) in [5.74, 6) is 1.12. The van der Waals surface area contributed by atoms with Crippen LogP contribution in [0.25, 0.3) is 10.9 Å². The molecule has 0 amide bonds. The van der Waals surface area contributed by atoms with Crippen LogP contribution in [0.15, 0.2) is 41.1 Å². The molecule has 2 aliphatic rings. The molecule has 2 aliphatic heterocycles. The number of nitrogens with zero attached hydrogens (tertiary/aromatic N) is 2. The van der Waals surface area contributed by atoms with E-state index in [4.69, 9.17) is 35.3 Å². The van der Waals surface area contributed by atoms with Gasteiger partial charge in [0.15, 0.2) is 17.6 Å². The van der Waals surface area contributed by atoms with E-state index in [1.807, 2.05) is 6.07 Å². The first-order valence-corrected chi connectivity index (χ1v) is 11.9. The van der Waals surface area contributed by atoms with Gasteiger partial charge >= 0.3 is 6.18 Å². The Bertz CT molecular complexity index is 1300. The molecule has 2 unspecified atom stereocenters. The third kappa shape index (κ3) is 4.24. The van der Waals surface area contributed by atoms with Gasteiger partial charge in [-0.05, 0) is 40.2 Å². The van der Waals surface area contributed by atoms with Gasteiger partial charge in [0.25, 0.3) is 0 Å². The maximum absolute atomic E-state index is 13.8. The molecule has 2 aromatic carbocycles. The number of rotatable bonds is 6. The van der Waals surface area contributed by atoms with Crippen molar-refractivity contribution < 1.29 is 36.9 Å². The van der Waals surface area contributed by atoms with E-state index in [0.29, 0.717) is 33.2 Å². The number of nitrogens with one attached hydrogen (secondary N) is 1. The summed E-state index contributed by atoms with van der Waals surface area (Å²) >= 11 is 9.55. The topological polar surface area (TPSA) is 84.0 Å². The molecule has 5 rings (SSSR count). The fourth-order valence-corrected chi connectivity index (χ4v) is 4.83. The average molecular weight is 591 g/mol. The van der Waals surface area contributed by atoms with Gasteiger partial charge in [-0.2, -0.15) is 13.2 Å². The van der Waals surface area contributed by atoms with Crippen LogP contribution >= 0.6 is 27.5 Å². The monoisotopic (exact) mass is 589 g/mol. The molecule has 192 valence electrons. The van der Waals surface area contributed by atoms with Gasteiger partial charge in [0, 0.05) is 28.7 Å². The largest absolute Gasteiger partial charge is 0.493 e. The van der Waals surface area contributed by atoms with E-state index in [2.05, 4.69) is 31.2 Å². The zero-order chi connectivity index (χ0) is 25.7. The molecule has 4 atom stereocenters. The van der Waals surface area contributed by atoms with Gasteiger partial charge in [-0.3, -0.25) is 0 Å². The van der Waals surface area contributed by atoms with Crippen molar-refractivity contribution in [2.45, 2.75) is 30.1 Å². The molecule has 36 heavy (non-hydrogen) atoms. The molecular weight excluding hydrogens is 571 g/mol. The predicted octanol–water partition coefficient (Wildman–Crippen LogP) is 5.29. The number of aromatic nitrogens is 2. The number of alkyl halides is 3. The highest BCUT2D eigenvalue weighted by Gasteiger charge is 2.70. The first-order chi connectivity index (χ1) is 17.2. The highest BCUT2D eigenvalue weighted by atomic mass is 79.9. The van der Waals surface area contributed by atoms with E-state index in [0.717, 1.165) is 11.6 Å². The van der Waals surface area contributed by atoms with Gasteiger partial charge < -0.3 is 29.0 Å². The first-order valence-electron chi connectivity index (χ1n) is 10.7. The molecule has 2 saturated heterocycles. The Morgan fingerprint density at radius 1 is 1.14 bits per heavy atom. The second-order valence-electron chi connectivity index (χ2n) is 8.27. The highest BCUT2D eigenvalue weighted by Crippen LogP contribution is 2.47. The van der Waals surface area contributed by atoms with Crippen LogP contribution < -0.4 is 14.8 Å². The summed E-state index contributed by atoms with van der Waals surface area (Å²) in [4.78, 5) is 8.63. The molecule has 0 radical (unpaired) electrons. The van der Waals surface area contributed by atoms with Gasteiger partial charge in [-0.15, -0.1) is 0 Å². The Labute approximate surface area is 217 Å². The predicted molar refractivity (Wildman–Crippen MR) is 128 cm³/mol. The van der Waals surface area contributed by atoms with E-state index in [1.54, 1.807) is 24.3 Å². The number of fused-ring (bicyclic) bond motifs is 2. The van der Waals surface area contributed by atoms with Crippen molar-refractivity contribution in [3.63, 3.8) is 0 Å². The molecule has 0 bridgehead atoms. The zero-order valence-electron chi connectivity index (χ0n) is 18.9. The molecular formula is C23H20BrClF3N3O5. The summed E-state index contributed by atoms with van der Waals surface area (Å²) in [7, 11) is 2.45. The lowest BCUT2D eigenvalue weighted by Gasteiger charge is -2.32. The van der Waals surface area contributed by atoms with Crippen LogP contribution in [0.3, 0.4) is 0 Å². The van der Waals surface area contributed by atoms with Gasteiger partial charge in [0.1, 0.15) is 24.4 Å². The molecule has 13 heteroatoms. The lowest BCUT2D eigenvalue weighted by Crippen LogP contribution is -2.56. The number of benzene rings is 2. The summed E-state index contributed by atoms with van der Waals surface area (Å²) in [5, 5.41) is 4.37. The maximum Gasteiger partial charge on any atom is 0.422 e. The fourth-order valence-electron chi connectivity index (χ4n) is 4.40. The van der Waals surface area contributed by atoms with E-state index in [-0.39, 0.29) is 12.4 Å². The normalized spacial score (nSPS) is 25.7. The Morgan fingerprint density at radius 3 is 2.64 bits per heavy atom. The molecule has 0 saturated carbocycles. The van der Waals surface area contributed by atoms with Crippen LogP contribution in [-0.2, 0) is 14.2 Å². The van der Waals surface area contributed by atoms with Crippen LogP contribution in [0, 0.1) is 0 Å². The van der Waals surface area contributed by atoms with Crippen LogP contribution in [0.2, 0.25) is 5.02 Å². The SMILES string of the molecule is COc1cc2c(Nc3ccc(Br)c(Cl)c3)ncnc2cc1O[C@@H]1COC2C1OC[C@@]2(OC)C(F)(F)F. The molecule has 3 heterocycles. The van der Waals surface area contributed by atoms with E-state index < -0.39 is 36.7 Å². The van der Waals surface area contributed by atoms with Gasteiger partial charge in [-0.25, -0.2) is 9.97 Å². The number of anilines is 2. The third-order valence-electron chi connectivity index (χ3n) is 6.28. The summed E-state index contributed by atoms with van der Waals surface area (Å²) in [6.07, 6.45) is -6.43. The van der Waals surface area contributed by atoms with E-state index in [1.165, 1.54) is 13.4 Å².